The van der Waals surface area contributed by atoms with Crippen LogP contribution in [0.4, 0.5) is 0 Å². The molecule has 5 heteroatoms. The van der Waals surface area contributed by atoms with Crippen molar-refractivity contribution < 1.29 is 9.53 Å². The van der Waals surface area contributed by atoms with E-state index in [4.69, 9.17) is 10.5 Å². The van der Waals surface area contributed by atoms with Crippen molar-refractivity contribution in [3.8, 4) is 5.75 Å². The largest absolute Gasteiger partial charge is 0.493 e. The smallest absolute Gasteiger partial charge is 0.230 e. The van der Waals surface area contributed by atoms with Crippen LogP contribution in [-0.4, -0.2) is 25.1 Å². The summed E-state index contributed by atoms with van der Waals surface area (Å²) in [5.41, 5.74) is 6.85. The van der Waals surface area contributed by atoms with Crippen LogP contribution in [0.25, 0.3) is 0 Å². The van der Waals surface area contributed by atoms with Gasteiger partial charge < -0.3 is 15.8 Å². The van der Waals surface area contributed by atoms with Crippen molar-refractivity contribution in [2.24, 2.45) is 17.6 Å². The number of nitrogens with two attached hydrogens (primary N) is 1. The molecule has 1 aromatic rings. The molecule has 0 saturated heterocycles. The summed E-state index contributed by atoms with van der Waals surface area (Å²) in [7, 11) is 0. The van der Waals surface area contributed by atoms with Crippen LogP contribution < -0.4 is 15.8 Å². The molecule has 2 aliphatic carbocycles. The predicted octanol–water partition coefficient (Wildman–Crippen LogP) is 3.42. The molecule has 2 fully saturated rings. The second-order valence-corrected chi connectivity index (χ2v) is 7.88. The molecule has 1 atom stereocenters. The molecule has 4 nitrogen and oxygen atoms in total. The first kappa shape index (κ1) is 20.1. The van der Waals surface area contributed by atoms with Gasteiger partial charge in [0.05, 0.1) is 12.0 Å². The number of amides is 1. The topological polar surface area (TPSA) is 64.3 Å². The number of nitrogens with one attached hydrogen (secondary N) is 1. The van der Waals surface area contributed by atoms with E-state index in [1.807, 2.05) is 12.1 Å². The van der Waals surface area contributed by atoms with Crippen LogP contribution >= 0.6 is 12.4 Å². The maximum absolute atomic E-state index is 12.8. The first-order valence-corrected chi connectivity index (χ1v) is 9.28. The molecule has 3 N–H and O–H groups in total. The Morgan fingerprint density at radius 2 is 1.92 bits per heavy atom. The molecule has 140 valence electrons. The van der Waals surface area contributed by atoms with E-state index in [1.165, 1.54) is 12.8 Å². The molecule has 2 saturated carbocycles. The third-order valence-corrected chi connectivity index (χ3v) is 5.36. The van der Waals surface area contributed by atoms with Gasteiger partial charge in [0.2, 0.25) is 5.91 Å². The predicted molar refractivity (Wildman–Crippen MR) is 103 cm³/mol. The van der Waals surface area contributed by atoms with Gasteiger partial charge in [-0.25, -0.2) is 0 Å². The SMILES string of the molecule is CC(C)COc1ccc(C2(C(=O)NCC(N)C3CC3)CCC2)cc1.Cl. The normalized spacial score (nSPS) is 19.5. The van der Waals surface area contributed by atoms with Crippen molar-refractivity contribution in [2.45, 2.75) is 57.4 Å². The molecular formula is C20H31ClN2O2. The lowest BCUT2D eigenvalue weighted by atomic mass is 9.64. The van der Waals surface area contributed by atoms with Gasteiger partial charge in [-0.2, -0.15) is 0 Å². The second kappa shape index (κ2) is 8.41. The maximum atomic E-state index is 12.8. The van der Waals surface area contributed by atoms with Gasteiger partial charge in [0, 0.05) is 12.6 Å². The minimum absolute atomic E-state index is 0. The van der Waals surface area contributed by atoms with Crippen LogP contribution in [0.5, 0.6) is 5.75 Å². The van der Waals surface area contributed by atoms with Gasteiger partial charge in [0.1, 0.15) is 5.75 Å². The van der Waals surface area contributed by atoms with Crippen molar-refractivity contribution in [3.05, 3.63) is 29.8 Å². The molecule has 1 amide bonds. The molecule has 0 radical (unpaired) electrons. The Labute approximate surface area is 157 Å². The molecular weight excluding hydrogens is 336 g/mol. The van der Waals surface area contributed by atoms with E-state index >= 15 is 0 Å². The average Bonchev–Trinajstić information content (AvgIpc) is 3.35. The van der Waals surface area contributed by atoms with E-state index in [9.17, 15) is 4.79 Å². The molecule has 0 heterocycles. The summed E-state index contributed by atoms with van der Waals surface area (Å²) in [6, 6.07) is 8.18. The Kier molecular flexibility index (Phi) is 6.75. The lowest BCUT2D eigenvalue weighted by Crippen LogP contribution is -2.51. The third kappa shape index (κ3) is 4.68. The number of carbonyl (C=O) groups excluding carboxylic acids is 1. The van der Waals surface area contributed by atoms with Crippen molar-refractivity contribution >= 4 is 18.3 Å². The molecule has 1 aromatic carbocycles. The molecule has 2 aliphatic rings. The van der Waals surface area contributed by atoms with E-state index in [0.717, 1.165) is 30.6 Å². The lowest BCUT2D eigenvalue weighted by molar-refractivity contribution is -0.130. The van der Waals surface area contributed by atoms with Crippen molar-refractivity contribution in [1.82, 2.24) is 5.32 Å². The maximum Gasteiger partial charge on any atom is 0.230 e. The molecule has 25 heavy (non-hydrogen) atoms. The Hall–Kier alpha value is -1.26. The van der Waals surface area contributed by atoms with Gasteiger partial charge in [-0.05, 0) is 55.2 Å². The van der Waals surface area contributed by atoms with Gasteiger partial charge in [-0.1, -0.05) is 32.4 Å². The number of hydrogen-bond acceptors (Lipinski definition) is 3. The number of hydrogen-bond donors (Lipinski definition) is 2. The van der Waals surface area contributed by atoms with Crippen molar-refractivity contribution in [3.63, 3.8) is 0 Å². The highest BCUT2D eigenvalue weighted by Crippen LogP contribution is 2.44. The fraction of sp³-hybridized carbons (Fsp3) is 0.650. The van der Waals surface area contributed by atoms with Crippen LogP contribution in [0.3, 0.4) is 0 Å². The van der Waals surface area contributed by atoms with E-state index in [-0.39, 0.29) is 29.8 Å². The minimum Gasteiger partial charge on any atom is -0.493 e. The summed E-state index contributed by atoms with van der Waals surface area (Å²) >= 11 is 0. The minimum atomic E-state index is -0.361. The molecule has 0 aromatic heterocycles. The fourth-order valence-corrected chi connectivity index (χ4v) is 3.38. The summed E-state index contributed by atoms with van der Waals surface area (Å²) in [5, 5.41) is 3.10. The highest BCUT2D eigenvalue weighted by molar-refractivity contribution is 5.89. The Balaban J connectivity index is 0.00000225. The Morgan fingerprint density at radius 1 is 1.28 bits per heavy atom. The molecule has 0 spiro atoms. The van der Waals surface area contributed by atoms with Crippen LogP contribution in [-0.2, 0) is 10.2 Å². The quantitative estimate of drug-likeness (QED) is 0.740. The number of carbonyl (C=O) groups is 1. The summed E-state index contributed by atoms with van der Waals surface area (Å²) < 4.78 is 5.74. The van der Waals surface area contributed by atoms with Crippen LogP contribution in [0.2, 0.25) is 0 Å². The standard InChI is InChI=1S/C20H30N2O2.ClH/c1-14(2)13-24-17-8-6-16(7-9-17)20(10-3-11-20)19(23)22-12-18(21)15-4-5-15;/h6-9,14-15,18H,3-5,10-13,21H2,1-2H3,(H,22,23);1H. The van der Waals surface area contributed by atoms with Crippen LogP contribution in [0.1, 0.15) is 51.5 Å². The molecule has 3 rings (SSSR count). The van der Waals surface area contributed by atoms with Crippen molar-refractivity contribution in [1.29, 1.82) is 0 Å². The fourth-order valence-electron chi connectivity index (χ4n) is 3.38. The molecule has 0 aliphatic heterocycles. The zero-order valence-electron chi connectivity index (χ0n) is 15.3. The number of rotatable bonds is 8. The van der Waals surface area contributed by atoms with Crippen LogP contribution in [0.15, 0.2) is 24.3 Å². The molecule has 0 bridgehead atoms. The highest BCUT2D eigenvalue weighted by atomic mass is 35.5. The molecule has 1 unspecified atom stereocenters. The summed E-state index contributed by atoms with van der Waals surface area (Å²) in [4.78, 5) is 12.8. The zero-order chi connectivity index (χ0) is 17.2. The van der Waals surface area contributed by atoms with E-state index in [2.05, 4.69) is 31.3 Å². The summed E-state index contributed by atoms with van der Waals surface area (Å²) in [5.74, 6) is 2.13. The first-order valence-electron chi connectivity index (χ1n) is 9.28. The van der Waals surface area contributed by atoms with Gasteiger partial charge in [0.15, 0.2) is 0 Å². The van der Waals surface area contributed by atoms with E-state index in [0.29, 0.717) is 25.0 Å². The van der Waals surface area contributed by atoms with E-state index in [1.54, 1.807) is 0 Å². The van der Waals surface area contributed by atoms with E-state index < -0.39 is 0 Å². The van der Waals surface area contributed by atoms with Crippen molar-refractivity contribution in [2.75, 3.05) is 13.2 Å². The highest BCUT2D eigenvalue weighted by Gasteiger charge is 2.45. The van der Waals surface area contributed by atoms with Gasteiger partial charge in [-0.15, -0.1) is 12.4 Å². The first-order chi connectivity index (χ1) is 11.5. The Bertz CT molecular complexity index is 566. The summed E-state index contributed by atoms with van der Waals surface area (Å²) in [6.07, 6.45) is 5.36. The van der Waals surface area contributed by atoms with Crippen LogP contribution in [0, 0.1) is 11.8 Å². The Morgan fingerprint density at radius 3 is 2.40 bits per heavy atom. The van der Waals surface area contributed by atoms with Gasteiger partial charge in [0.25, 0.3) is 0 Å². The van der Waals surface area contributed by atoms with Gasteiger partial charge >= 0.3 is 0 Å². The second-order valence-electron chi connectivity index (χ2n) is 7.88. The third-order valence-electron chi connectivity index (χ3n) is 5.36. The summed E-state index contributed by atoms with van der Waals surface area (Å²) in [6.45, 7) is 5.58. The monoisotopic (exact) mass is 366 g/mol. The zero-order valence-corrected chi connectivity index (χ0v) is 16.1. The number of halogens is 1. The van der Waals surface area contributed by atoms with Gasteiger partial charge in [-0.3, -0.25) is 4.79 Å². The number of benzene rings is 1. The average molecular weight is 367 g/mol. The lowest BCUT2D eigenvalue weighted by Gasteiger charge is -2.41. The number of ether oxygens (including phenoxy) is 1.